The summed E-state index contributed by atoms with van der Waals surface area (Å²) in [4.78, 5) is 29.8. The average molecular weight is 343 g/mol. The van der Waals surface area contributed by atoms with E-state index in [-0.39, 0.29) is 30.6 Å². The van der Waals surface area contributed by atoms with Gasteiger partial charge in [0.25, 0.3) is 0 Å². The van der Waals surface area contributed by atoms with E-state index in [1.807, 2.05) is 29.0 Å². The third-order valence-corrected chi connectivity index (χ3v) is 5.64. The van der Waals surface area contributed by atoms with Crippen molar-refractivity contribution >= 4 is 17.5 Å². The van der Waals surface area contributed by atoms with Crippen LogP contribution in [0.25, 0.3) is 0 Å². The van der Waals surface area contributed by atoms with Crippen molar-refractivity contribution in [2.45, 2.75) is 38.0 Å². The van der Waals surface area contributed by atoms with Gasteiger partial charge in [0.1, 0.15) is 6.61 Å². The summed E-state index contributed by atoms with van der Waals surface area (Å²) in [6, 6.07) is 8.46. The molecule has 3 aliphatic heterocycles. The highest BCUT2D eigenvalue weighted by Gasteiger charge is 2.38. The normalized spacial score (nSPS) is 27.7. The van der Waals surface area contributed by atoms with E-state index in [1.54, 1.807) is 0 Å². The molecule has 0 aliphatic carbocycles. The largest absolute Gasteiger partial charge is 0.366 e. The van der Waals surface area contributed by atoms with E-state index in [1.165, 1.54) is 5.56 Å². The van der Waals surface area contributed by atoms with Crippen molar-refractivity contribution in [3.63, 3.8) is 0 Å². The number of rotatable bonds is 3. The first kappa shape index (κ1) is 16.5. The van der Waals surface area contributed by atoms with E-state index < -0.39 is 0 Å². The molecule has 134 valence electrons. The van der Waals surface area contributed by atoms with Gasteiger partial charge >= 0.3 is 0 Å². The third-order valence-electron chi connectivity index (χ3n) is 5.64. The number of hydrogen-bond acceptors (Lipinski definition) is 4. The van der Waals surface area contributed by atoms with Crippen molar-refractivity contribution in [3.05, 3.63) is 29.8 Å². The summed E-state index contributed by atoms with van der Waals surface area (Å²) in [5.41, 5.74) is 2.23. The predicted octanol–water partition coefficient (Wildman–Crippen LogP) is 1.24. The number of likely N-dealkylation sites (N-methyl/N-ethyl adjacent to an activating group) is 1. The summed E-state index contributed by atoms with van der Waals surface area (Å²) in [6.45, 7) is 3.73. The molecule has 3 aliphatic rings. The summed E-state index contributed by atoms with van der Waals surface area (Å²) in [6.07, 6.45) is 2.74. The van der Waals surface area contributed by atoms with Gasteiger partial charge in [0.15, 0.2) is 0 Å². The number of piperidine rings is 1. The van der Waals surface area contributed by atoms with Gasteiger partial charge in [-0.05, 0) is 30.5 Å². The van der Waals surface area contributed by atoms with Crippen molar-refractivity contribution in [1.29, 1.82) is 0 Å². The third kappa shape index (κ3) is 3.28. The van der Waals surface area contributed by atoms with Crippen molar-refractivity contribution < 1.29 is 14.3 Å². The number of fused-ring (bicyclic) bond motifs is 1. The molecule has 4 rings (SSSR count). The van der Waals surface area contributed by atoms with Crippen LogP contribution in [0, 0.1) is 0 Å². The molecular weight excluding hydrogens is 318 g/mol. The number of ether oxygens (including phenoxy) is 1. The quantitative estimate of drug-likeness (QED) is 0.829. The number of morpholine rings is 1. The standard InChI is InChI=1S/C19H25N3O3/c1-20-16-12-21(10-8-17(16)25-13-19(20)24)11-14-4-6-15(7-5-14)22-9-2-3-18(22)23/h4-7,16-17H,2-3,8-13H2,1H3/t16-,17+/m0/s1. The van der Waals surface area contributed by atoms with Crippen LogP contribution in [0.3, 0.4) is 0 Å². The first-order valence-corrected chi connectivity index (χ1v) is 9.11. The van der Waals surface area contributed by atoms with E-state index >= 15 is 0 Å². The molecule has 1 aromatic rings. The first-order chi connectivity index (χ1) is 12.1. The van der Waals surface area contributed by atoms with Gasteiger partial charge in [-0.3, -0.25) is 14.5 Å². The number of amides is 2. The van der Waals surface area contributed by atoms with Crippen molar-refractivity contribution in [2.24, 2.45) is 0 Å². The highest BCUT2D eigenvalue weighted by atomic mass is 16.5. The molecule has 0 bridgehead atoms. The van der Waals surface area contributed by atoms with E-state index in [4.69, 9.17) is 4.74 Å². The number of carbonyl (C=O) groups excluding carboxylic acids is 2. The Labute approximate surface area is 148 Å². The first-order valence-electron chi connectivity index (χ1n) is 9.11. The Morgan fingerprint density at radius 1 is 1.12 bits per heavy atom. The van der Waals surface area contributed by atoms with Crippen LogP contribution in [0.15, 0.2) is 24.3 Å². The molecule has 3 saturated heterocycles. The van der Waals surface area contributed by atoms with Crippen LogP contribution in [0.2, 0.25) is 0 Å². The lowest BCUT2D eigenvalue weighted by Gasteiger charge is -2.45. The van der Waals surface area contributed by atoms with Gasteiger partial charge in [0, 0.05) is 45.3 Å². The van der Waals surface area contributed by atoms with Crippen molar-refractivity contribution in [1.82, 2.24) is 9.80 Å². The average Bonchev–Trinajstić information content (AvgIpc) is 3.05. The zero-order valence-corrected chi connectivity index (χ0v) is 14.7. The molecule has 3 heterocycles. The van der Waals surface area contributed by atoms with Crippen LogP contribution >= 0.6 is 0 Å². The molecule has 0 saturated carbocycles. The lowest BCUT2D eigenvalue weighted by molar-refractivity contribution is -0.160. The molecular formula is C19H25N3O3. The molecule has 0 unspecified atom stereocenters. The van der Waals surface area contributed by atoms with Gasteiger partial charge in [0.05, 0.1) is 12.1 Å². The fourth-order valence-corrected chi connectivity index (χ4v) is 4.11. The Balaban J connectivity index is 1.39. The second-order valence-corrected chi connectivity index (χ2v) is 7.26. The summed E-state index contributed by atoms with van der Waals surface area (Å²) in [5, 5.41) is 0. The molecule has 0 aromatic heterocycles. The van der Waals surface area contributed by atoms with Crippen LogP contribution < -0.4 is 4.90 Å². The molecule has 2 atom stereocenters. The SMILES string of the molecule is CN1C(=O)CO[C@@H]2CCN(Cc3ccc(N4CCCC4=O)cc3)C[C@@H]21. The second-order valence-electron chi connectivity index (χ2n) is 7.26. The highest BCUT2D eigenvalue weighted by Crippen LogP contribution is 2.25. The lowest BCUT2D eigenvalue weighted by Crippen LogP contribution is -2.60. The number of carbonyl (C=O) groups is 2. The second kappa shape index (κ2) is 6.77. The Morgan fingerprint density at radius 2 is 1.92 bits per heavy atom. The Bertz CT molecular complexity index is 660. The molecule has 0 radical (unpaired) electrons. The van der Waals surface area contributed by atoms with E-state index in [2.05, 4.69) is 17.0 Å². The number of likely N-dealkylation sites (tertiary alicyclic amines) is 1. The van der Waals surface area contributed by atoms with Crippen molar-refractivity contribution in [2.75, 3.05) is 38.2 Å². The van der Waals surface area contributed by atoms with E-state index in [0.717, 1.165) is 44.7 Å². The van der Waals surface area contributed by atoms with Gasteiger partial charge in [-0.2, -0.15) is 0 Å². The molecule has 25 heavy (non-hydrogen) atoms. The highest BCUT2D eigenvalue weighted by molar-refractivity contribution is 5.95. The zero-order valence-electron chi connectivity index (χ0n) is 14.7. The minimum absolute atomic E-state index is 0.0720. The molecule has 2 amide bonds. The maximum Gasteiger partial charge on any atom is 0.248 e. The van der Waals surface area contributed by atoms with Crippen LogP contribution in [0.1, 0.15) is 24.8 Å². The van der Waals surface area contributed by atoms with E-state index in [0.29, 0.717) is 6.42 Å². The fourth-order valence-electron chi connectivity index (χ4n) is 4.11. The van der Waals surface area contributed by atoms with Crippen molar-refractivity contribution in [3.8, 4) is 0 Å². The topological polar surface area (TPSA) is 53.1 Å². The summed E-state index contributed by atoms with van der Waals surface area (Å²) in [5.74, 6) is 0.294. The number of hydrogen-bond donors (Lipinski definition) is 0. The molecule has 6 nitrogen and oxygen atoms in total. The van der Waals surface area contributed by atoms with Gasteiger partial charge in [-0.25, -0.2) is 0 Å². The minimum atomic E-state index is 0.0720. The summed E-state index contributed by atoms with van der Waals surface area (Å²) in [7, 11) is 1.88. The smallest absolute Gasteiger partial charge is 0.248 e. The Kier molecular flexibility index (Phi) is 4.48. The van der Waals surface area contributed by atoms with Crippen LogP contribution in [0.4, 0.5) is 5.69 Å². The Morgan fingerprint density at radius 3 is 2.64 bits per heavy atom. The fraction of sp³-hybridized carbons (Fsp3) is 0.579. The minimum Gasteiger partial charge on any atom is -0.366 e. The Hall–Kier alpha value is -1.92. The predicted molar refractivity (Wildman–Crippen MR) is 94.2 cm³/mol. The van der Waals surface area contributed by atoms with Gasteiger partial charge in [-0.15, -0.1) is 0 Å². The monoisotopic (exact) mass is 343 g/mol. The van der Waals surface area contributed by atoms with Crippen LogP contribution in [0.5, 0.6) is 0 Å². The molecule has 1 aromatic carbocycles. The van der Waals surface area contributed by atoms with E-state index in [9.17, 15) is 9.59 Å². The molecule has 6 heteroatoms. The van der Waals surface area contributed by atoms with Gasteiger partial charge < -0.3 is 14.5 Å². The number of benzene rings is 1. The number of nitrogens with zero attached hydrogens (tertiary/aromatic N) is 3. The van der Waals surface area contributed by atoms with Gasteiger partial charge in [-0.1, -0.05) is 12.1 Å². The van der Waals surface area contributed by atoms with Crippen LogP contribution in [-0.2, 0) is 20.9 Å². The molecule has 0 N–H and O–H groups in total. The zero-order chi connectivity index (χ0) is 17.4. The van der Waals surface area contributed by atoms with Crippen LogP contribution in [-0.4, -0.2) is 67.0 Å². The molecule has 0 spiro atoms. The summed E-state index contributed by atoms with van der Waals surface area (Å²) < 4.78 is 5.69. The summed E-state index contributed by atoms with van der Waals surface area (Å²) >= 11 is 0. The maximum atomic E-state index is 11.9. The van der Waals surface area contributed by atoms with Gasteiger partial charge in [0.2, 0.25) is 11.8 Å². The number of anilines is 1. The maximum absolute atomic E-state index is 11.9. The lowest BCUT2D eigenvalue weighted by atomic mass is 9.98. The molecule has 3 fully saturated rings.